The van der Waals surface area contributed by atoms with Gasteiger partial charge in [-0.1, -0.05) is 12.1 Å². The van der Waals surface area contributed by atoms with Crippen LogP contribution >= 0.6 is 0 Å². The molecule has 0 saturated carbocycles. The molecule has 3 nitrogen and oxygen atoms in total. The Morgan fingerprint density at radius 2 is 1.85 bits per heavy atom. The topological polar surface area (TPSA) is 38.7 Å². The third kappa shape index (κ3) is 2.11. The first kappa shape index (κ1) is 12.6. The SMILES string of the molecule is COc1ccc(C2=NC(=O)c3cccc(C)c3C2)cc1. The van der Waals surface area contributed by atoms with E-state index in [0.29, 0.717) is 6.42 Å². The fourth-order valence-electron chi connectivity index (χ4n) is 2.48. The van der Waals surface area contributed by atoms with Crippen molar-refractivity contribution in [2.75, 3.05) is 7.11 Å². The van der Waals surface area contributed by atoms with Crippen LogP contribution in [0.15, 0.2) is 47.5 Å². The molecule has 0 atom stereocenters. The predicted octanol–water partition coefficient (Wildman–Crippen LogP) is 3.19. The standard InChI is InChI=1S/C17H15NO2/c1-11-4-3-5-14-15(11)10-16(18-17(14)19)12-6-8-13(20-2)9-7-12/h3-9H,10H2,1-2H3. The number of rotatable bonds is 2. The monoisotopic (exact) mass is 265 g/mol. The molecule has 0 spiro atoms. The Labute approximate surface area is 117 Å². The number of fused-ring (bicyclic) bond motifs is 1. The van der Waals surface area contributed by atoms with Gasteiger partial charge < -0.3 is 4.74 Å². The normalized spacial score (nSPS) is 13.7. The van der Waals surface area contributed by atoms with Gasteiger partial charge in [0.05, 0.1) is 12.8 Å². The molecule has 0 fully saturated rings. The number of nitrogens with zero attached hydrogens (tertiary/aromatic N) is 1. The van der Waals surface area contributed by atoms with Gasteiger partial charge in [-0.15, -0.1) is 0 Å². The average molecular weight is 265 g/mol. The summed E-state index contributed by atoms with van der Waals surface area (Å²) in [5, 5.41) is 0. The molecular formula is C17H15NO2. The van der Waals surface area contributed by atoms with Gasteiger partial charge in [-0.3, -0.25) is 4.79 Å². The lowest BCUT2D eigenvalue weighted by molar-refractivity contribution is 0.1000. The maximum Gasteiger partial charge on any atom is 0.277 e. The summed E-state index contributed by atoms with van der Waals surface area (Å²) < 4.78 is 5.15. The van der Waals surface area contributed by atoms with Gasteiger partial charge in [0.1, 0.15) is 5.75 Å². The molecule has 1 heterocycles. The van der Waals surface area contributed by atoms with Crippen molar-refractivity contribution >= 4 is 11.6 Å². The van der Waals surface area contributed by atoms with E-state index in [9.17, 15) is 4.79 Å². The van der Waals surface area contributed by atoms with Crippen molar-refractivity contribution in [1.82, 2.24) is 0 Å². The zero-order valence-corrected chi connectivity index (χ0v) is 11.5. The predicted molar refractivity (Wildman–Crippen MR) is 78.7 cm³/mol. The fraction of sp³-hybridized carbons (Fsp3) is 0.176. The fourth-order valence-corrected chi connectivity index (χ4v) is 2.48. The van der Waals surface area contributed by atoms with E-state index >= 15 is 0 Å². The summed E-state index contributed by atoms with van der Waals surface area (Å²) >= 11 is 0. The summed E-state index contributed by atoms with van der Waals surface area (Å²) in [4.78, 5) is 16.4. The molecule has 2 aromatic rings. The maximum absolute atomic E-state index is 12.1. The first-order valence-electron chi connectivity index (χ1n) is 6.54. The van der Waals surface area contributed by atoms with E-state index in [1.165, 1.54) is 0 Å². The molecule has 0 aliphatic carbocycles. The maximum atomic E-state index is 12.1. The number of benzene rings is 2. The molecule has 0 unspecified atom stereocenters. The van der Waals surface area contributed by atoms with Crippen LogP contribution < -0.4 is 4.74 Å². The summed E-state index contributed by atoms with van der Waals surface area (Å²) in [6.07, 6.45) is 0.695. The van der Waals surface area contributed by atoms with Crippen molar-refractivity contribution in [1.29, 1.82) is 0 Å². The minimum Gasteiger partial charge on any atom is -0.497 e. The minimum atomic E-state index is -0.152. The van der Waals surface area contributed by atoms with Crippen LogP contribution in [0.1, 0.15) is 27.0 Å². The van der Waals surface area contributed by atoms with Crippen LogP contribution in [0.3, 0.4) is 0 Å². The van der Waals surface area contributed by atoms with E-state index in [0.717, 1.165) is 33.7 Å². The van der Waals surface area contributed by atoms with E-state index in [4.69, 9.17) is 4.74 Å². The Balaban J connectivity index is 2.00. The summed E-state index contributed by atoms with van der Waals surface area (Å²) in [6, 6.07) is 13.4. The highest BCUT2D eigenvalue weighted by molar-refractivity contribution is 6.15. The van der Waals surface area contributed by atoms with E-state index in [-0.39, 0.29) is 5.91 Å². The van der Waals surface area contributed by atoms with E-state index in [1.807, 2.05) is 49.4 Å². The number of hydrogen-bond acceptors (Lipinski definition) is 2. The van der Waals surface area contributed by atoms with Gasteiger partial charge in [0.15, 0.2) is 0 Å². The summed E-state index contributed by atoms with van der Waals surface area (Å²) in [5.74, 6) is 0.647. The van der Waals surface area contributed by atoms with Gasteiger partial charge in [-0.05, 0) is 53.9 Å². The quantitative estimate of drug-likeness (QED) is 0.836. The van der Waals surface area contributed by atoms with E-state index in [1.54, 1.807) is 7.11 Å². The molecule has 0 aromatic heterocycles. The first-order valence-corrected chi connectivity index (χ1v) is 6.54. The smallest absolute Gasteiger partial charge is 0.277 e. The number of carbonyl (C=O) groups excluding carboxylic acids is 1. The molecule has 3 heteroatoms. The number of aryl methyl sites for hydroxylation is 1. The number of carbonyl (C=O) groups is 1. The van der Waals surface area contributed by atoms with Crippen molar-refractivity contribution in [2.24, 2.45) is 4.99 Å². The molecule has 0 saturated heterocycles. The van der Waals surface area contributed by atoms with Crippen molar-refractivity contribution in [2.45, 2.75) is 13.3 Å². The zero-order chi connectivity index (χ0) is 14.1. The molecule has 2 aromatic carbocycles. The number of ether oxygens (including phenoxy) is 1. The second kappa shape index (κ2) is 4.93. The molecule has 1 aliphatic rings. The van der Waals surface area contributed by atoms with Gasteiger partial charge in [-0.2, -0.15) is 0 Å². The molecule has 0 bridgehead atoms. The first-order chi connectivity index (χ1) is 9.69. The molecule has 1 amide bonds. The van der Waals surface area contributed by atoms with Crippen LogP contribution in [0.25, 0.3) is 0 Å². The Bertz CT molecular complexity index is 699. The van der Waals surface area contributed by atoms with Crippen LogP contribution in [0.4, 0.5) is 0 Å². The Morgan fingerprint density at radius 3 is 2.55 bits per heavy atom. The minimum absolute atomic E-state index is 0.152. The Kier molecular flexibility index (Phi) is 3.11. The highest BCUT2D eigenvalue weighted by atomic mass is 16.5. The zero-order valence-electron chi connectivity index (χ0n) is 11.5. The summed E-state index contributed by atoms with van der Waals surface area (Å²) in [7, 11) is 1.64. The van der Waals surface area contributed by atoms with Crippen LogP contribution in [0, 0.1) is 6.92 Å². The van der Waals surface area contributed by atoms with Gasteiger partial charge in [0, 0.05) is 12.0 Å². The van der Waals surface area contributed by atoms with Gasteiger partial charge >= 0.3 is 0 Å². The van der Waals surface area contributed by atoms with Crippen LogP contribution in [-0.4, -0.2) is 18.7 Å². The van der Waals surface area contributed by atoms with Crippen LogP contribution in [0.2, 0.25) is 0 Å². The van der Waals surface area contributed by atoms with Crippen molar-refractivity contribution < 1.29 is 9.53 Å². The lowest BCUT2D eigenvalue weighted by atomic mass is 9.91. The second-order valence-corrected chi connectivity index (χ2v) is 4.87. The molecule has 100 valence electrons. The molecule has 0 N–H and O–H groups in total. The Hall–Kier alpha value is -2.42. The van der Waals surface area contributed by atoms with Crippen molar-refractivity contribution in [3.8, 4) is 5.75 Å². The average Bonchev–Trinajstić information content (AvgIpc) is 2.48. The van der Waals surface area contributed by atoms with E-state index < -0.39 is 0 Å². The summed E-state index contributed by atoms with van der Waals surface area (Å²) in [5.41, 5.74) is 4.73. The highest BCUT2D eigenvalue weighted by Gasteiger charge is 2.21. The lowest BCUT2D eigenvalue weighted by Crippen LogP contribution is -2.18. The Morgan fingerprint density at radius 1 is 1.10 bits per heavy atom. The molecule has 0 radical (unpaired) electrons. The van der Waals surface area contributed by atoms with Crippen molar-refractivity contribution in [3.05, 3.63) is 64.7 Å². The lowest BCUT2D eigenvalue weighted by Gasteiger charge is -2.17. The van der Waals surface area contributed by atoms with Gasteiger partial charge in [0.25, 0.3) is 5.91 Å². The third-order valence-corrected chi connectivity index (χ3v) is 3.64. The highest BCUT2D eigenvalue weighted by Crippen LogP contribution is 2.23. The number of hydrogen-bond donors (Lipinski definition) is 0. The van der Waals surface area contributed by atoms with Crippen LogP contribution in [0.5, 0.6) is 5.75 Å². The largest absolute Gasteiger partial charge is 0.497 e. The van der Waals surface area contributed by atoms with Gasteiger partial charge in [0.2, 0.25) is 0 Å². The van der Waals surface area contributed by atoms with E-state index in [2.05, 4.69) is 4.99 Å². The summed E-state index contributed by atoms with van der Waals surface area (Å²) in [6.45, 7) is 2.03. The number of amides is 1. The third-order valence-electron chi connectivity index (χ3n) is 3.64. The number of aliphatic imine (C=N–C) groups is 1. The molecule has 1 aliphatic heterocycles. The van der Waals surface area contributed by atoms with Gasteiger partial charge in [-0.25, -0.2) is 4.99 Å². The molecule has 20 heavy (non-hydrogen) atoms. The molecule has 3 rings (SSSR count). The van der Waals surface area contributed by atoms with Crippen LogP contribution in [-0.2, 0) is 6.42 Å². The molecular weight excluding hydrogens is 250 g/mol. The number of methoxy groups -OCH3 is 1. The van der Waals surface area contributed by atoms with Crippen molar-refractivity contribution in [3.63, 3.8) is 0 Å². The second-order valence-electron chi connectivity index (χ2n) is 4.87.